The first kappa shape index (κ1) is 10.0. The summed E-state index contributed by atoms with van der Waals surface area (Å²) >= 11 is 0. The van der Waals surface area contributed by atoms with Crippen LogP contribution >= 0.6 is 0 Å². The second kappa shape index (κ2) is 3.93. The molecular weight excluding hydrogens is 190 g/mol. The summed E-state index contributed by atoms with van der Waals surface area (Å²) in [5, 5.41) is 12.4. The molecule has 0 aliphatic heterocycles. The molecule has 15 heavy (non-hydrogen) atoms. The molecule has 2 N–H and O–H groups in total. The predicted molar refractivity (Wildman–Crippen MR) is 58.1 cm³/mol. The van der Waals surface area contributed by atoms with Gasteiger partial charge in [0, 0.05) is 6.54 Å². The molecule has 3 nitrogen and oxygen atoms in total. The van der Waals surface area contributed by atoms with E-state index in [2.05, 4.69) is 5.32 Å². The van der Waals surface area contributed by atoms with Gasteiger partial charge in [0.25, 0.3) is 5.91 Å². The van der Waals surface area contributed by atoms with Gasteiger partial charge in [0.05, 0.1) is 5.56 Å². The topological polar surface area (TPSA) is 49.3 Å². The van der Waals surface area contributed by atoms with Gasteiger partial charge in [0.15, 0.2) is 0 Å². The van der Waals surface area contributed by atoms with Crippen LogP contribution in [0.4, 0.5) is 0 Å². The van der Waals surface area contributed by atoms with E-state index in [1.807, 2.05) is 13.0 Å². The highest BCUT2D eigenvalue weighted by Crippen LogP contribution is 2.41. The zero-order valence-electron chi connectivity index (χ0n) is 8.79. The highest BCUT2D eigenvalue weighted by Gasteiger charge is 2.24. The molecule has 0 heterocycles. The molecule has 0 unspecified atom stereocenters. The second-order valence-corrected chi connectivity index (χ2v) is 3.91. The molecule has 0 radical (unpaired) electrons. The van der Waals surface area contributed by atoms with E-state index < -0.39 is 0 Å². The zero-order valence-corrected chi connectivity index (χ0v) is 8.79. The molecule has 2 rings (SSSR count). The number of benzene rings is 1. The van der Waals surface area contributed by atoms with Crippen molar-refractivity contribution in [1.82, 2.24) is 5.32 Å². The number of carbonyl (C=O) groups excluding carboxylic acids is 1. The number of hydrogen-bond donors (Lipinski definition) is 2. The molecular formula is C12H15NO2. The molecule has 1 aliphatic rings. The standard InChI is InChI=1S/C12H15NO2/c1-2-13-12(15)10-6-5-9(7-11(10)14)8-3-4-8/h5-8,14H,2-4H2,1H3,(H,13,15). The van der Waals surface area contributed by atoms with Crippen LogP contribution in [0, 0.1) is 0 Å². The van der Waals surface area contributed by atoms with Crippen LogP contribution in [0.2, 0.25) is 0 Å². The number of hydrogen-bond acceptors (Lipinski definition) is 2. The van der Waals surface area contributed by atoms with Gasteiger partial charge in [-0.25, -0.2) is 0 Å². The van der Waals surface area contributed by atoms with Gasteiger partial charge in [0.1, 0.15) is 5.75 Å². The Morgan fingerprint density at radius 2 is 2.27 bits per heavy atom. The number of aromatic hydroxyl groups is 1. The first-order valence-electron chi connectivity index (χ1n) is 5.33. The van der Waals surface area contributed by atoms with E-state index in [0.717, 1.165) is 5.56 Å². The van der Waals surface area contributed by atoms with Gasteiger partial charge in [0.2, 0.25) is 0 Å². The summed E-state index contributed by atoms with van der Waals surface area (Å²) < 4.78 is 0. The lowest BCUT2D eigenvalue weighted by Gasteiger charge is -2.06. The number of phenols is 1. The van der Waals surface area contributed by atoms with Gasteiger partial charge in [-0.05, 0) is 43.4 Å². The Bertz CT molecular complexity index is 383. The molecule has 1 fully saturated rings. The number of rotatable bonds is 3. The molecule has 0 bridgehead atoms. The van der Waals surface area contributed by atoms with Crippen LogP contribution in [0.3, 0.4) is 0 Å². The van der Waals surface area contributed by atoms with Crippen molar-refractivity contribution in [3.63, 3.8) is 0 Å². The van der Waals surface area contributed by atoms with Gasteiger partial charge in [-0.1, -0.05) is 6.07 Å². The van der Waals surface area contributed by atoms with Crippen LogP contribution < -0.4 is 5.32 Å². The van der Waals surface area contributed by atoms with E-state index in [1.165, 1.54) is 12.8 Å². The Balaban J connectivity index is 2.21. The number of carbonyl (C=O) groups is 1. The lowest BCUT2D eigenvalue weighted by Crippen LogP contribution is -2.22. The Hall–Kier alpha value is -1.51. The van der Waals surface area contributed by atoms with E-state index in [0.29, 0.717) is 18.0 Å². The molecule has 0 saturated heterocycles. The summed E-state index contributed by atoms with van der Waals surface area (Å²) in [6.07, 6.45) is 2.39. The number of nitrogens with one attached hydrogen (secondary N) is 1. The number of phenolic OH excluding ortho intramolecular Hbond substituents is 1. The summed E-state index contributed by atoms with van der Waals surface area (Å²) in [6.45, 7) is 2.43. The van der Waals surface area contributed by atoms with Crippen LogP contribution in [0.15, 0.2) is 18.2 Å². The normalized spacial score (nSPS) is 15.0. The molecule has 0 aromatic heterocycles. The Kier molecular flexibility index (Phi) is 2.62. The maximum absolute atomic E-state index is 11.5. The van der Waals surface area contributed by atoms with Crippen molar-refractivity contribution < 1.29 is 9.90 Å². The van der Waals surface area contributed by atoms with E-state index in [9.17, 15) is 9.90 Å². The van der Waals surface area contributed by atoms with Crippen molar-refractivity contribution in [3.05, 3.63) is 29.3 Å². The Morgan fingerprint density at radius 3 is 2.80 bits per heavy atom. The van der Waals surface area contributed by atoms with E-state index >= 15 is 0 Å². The minimum atomic E-state index is -0.211. The molecule has 1 aromatic rings. The lowest BCUT2D eigenvalue weighted by molar-refractivity contribution is 0.0953. The number of amides is 1. The van der Waals surface area contributed by atoms with Crippen LogP contribution in [0.5, 0.6) is 5.75 Å². The third-order valence-electron chi connectivity index (χ3n) is 2.65. The smallest absolute Gasteiger partial charge is 0.255 e. The molecule has 1 amide bonds. The molecule has 0 atom stereocenters. The van der Waals surface area contributed by atoms with Crippen molar-refractivity contribution in [1.29, 1.82) is 0 Å². The first-order valence-corrected chi connectivity index (χ1v) is 5.33. The fourth-order valence-corrected chi connectivity index (χ4v) is 1.67. The van der Waals surface area contributed by atoms with Gasteiger partial charge in [-0.15, -0.1) is 0 Å². The summed E-state index contributed by atoms with van der Waals surface area (Å²) in [5.74, 6) is 0.474. The maximum atomic E-state index is 11.5. The van der Waals surface area contributed by atoms with Gasteiger partial charge < -0.3 is 10.4 Å². The second-order valence-electron chi connectivity index (χ2n) is 3.91. The quantitative estimate of drug-likeness (QED) is 0.793. The van der Waals surface area contributed by atoms with Crippen molar-refractivity contribution in [2.45, 2.75) is 25.7 Å². The SMILES string of the molecule is CCNC(=O)c1ccc(C2CC2)cc1O. The van der Waals surface area contributed by atoms with Crippen molar-refractivity contribution in [3.8, 4) is 5.75 Å². The first-order chi connectivity index (χ1) is 7.22. The van der Waals surface area contributed by atoms with Crippen LogP contribution in [0.1, 0.15) is 41.6 Å². The largest absolute Gasteiger partial charge is 0.507 e. The van der Waals surface area contributed by atoms with Crippen LogP contribution in [0.25, 0.3) is 0 Å². The van der Waals surface area contributed by atoms with Gasteiger partial charge >= 0.3 is 0 Å². The molecule has 1 aliphatic carbocycles. The third-order valence-corrected chi connectivity index (χ3v) is 2.65. The molecule has 1 saturated carbocycles. The van der Waals surface area contributed by atoms with Crippen molar-refractivity contribution >= 4 is 5.91 Å². The Morgan fingerprint density at radius 1 is 1.53 bits per heavy atom. The molecule has 0 spiro atoms. The summed E-state index contributed by atoms with van der Waals surface area (Å²) in [5.41, 5.74) is 1.50. The summed E-state index contributed by atoms with van der Waals surface area (Å²) in [4.78, 5) is 11.5. The van der Waals surface area contributed by atoms with E-state index in [-0.39, 0.29) is 11.7 Å². The van der Waals surface area contributed by atoms with E-state index in [4.69, 9.17) is 0 Å². The molecule has 1 aromatic carbocycles. The van der Waals surface area contributed by atoms with E-state index in [1.54, 1.807) is 12.1 Å². The fraction of sp³-hybridized carbons (Fsp3) is 0.417. The third kappa shape index (κ3) is 2.12. The minimum absolute atomic E-state index is 0.0883. The highest BCUT2D eigenvalue weighted by atomic mass is 16.3. The molecule has 80 valence electrons. The monoisotopic (exact) mass is 205 g/mol. The minimum Gasteiger partial charge on any atom is -0.507 e. The van der Waals surface area contributed by atoms with Crippen molar-refractivity contribution in [2.75, 3.05) is 6.54 Å². The highest BCUT2D eigenvalue weighted by molar-refractivity contribution is 5.96. The predicted octanol–water partition coefficient (Wildman–Crippen LogP) is 2.02. The average molecular weight is 205 g/mol. The lowest BCUT2D eigenvalue weighted by atomic mass is 10.1. The van der Waals surface area contributed by atoms with Crippen molar-refractivity contribution in [2.24, 2.45) is 0 Å². The fourth-order valence-electron chi connectivity index (χ4n) is 1.67. The Labute approximate surface area is 89.1 Å². The maximum Gasteiger partial charge on any atom is 0.255 e. The van der Waals surface area contributed by atoms with Gasteiger partial charge in [-0.2, -0.15) is 0 Å². The summed E-state index contributed by atoms with van der Waals surface area (Å²) in [7, 11) is 0. The zero-order chi connectivity index (χ0) is 10.8. The van der Waals surface area contributed by atoms with Gasteiger partial charge in [-0.3, -0.25) is 4.79 Å². The summed E-state index contributed by atoms with van der Waals surface area (Å²) in [6, 6.07) is 5.35. The average Bonchev–Trinajstić information content (AvgIpc) is 3.01. The molecule has 3 heteroatoms. The van der Waals surface area contributed by atoms with Crippen LogP contribution in [-0.2, 0) is 0 Å². The van der Waals surface area contributed by atoms with Crippen LogP contribution in [-0.4, -0.2) is 17.6 Å².